The van der Waals surface area contributed by atoms with E-state index in [1.165, 1.54) is 180 Å². The second kappa shape index (κ2) is 49.3. The minimum atomic E-state index is -0.680. The first-order chi connectivity index (χ1) is 29.0. The Kier molecular flexibility index (Phi) is 48.1. The lowest BCUT2D eigenvalue weighted by molar-refractivity contribution is -0.143. The molecule has 6 heteroatoms. The van der Waals surface area contributed by atoms with Crippen molar-refractivity contribution < 1.29 is 24.5 Å². The molecular formula is C53H103NO5. The molecule has 0 aliphatic carbocycles. The predicted octanol–water partition coefficient (Wildman–Crippen LogP) is 15.7. The second-order valence-electron chi connectivity index (χ2n) is 18.2. The Labute approximate surface area is 368 Å². The molecule has 0 bridgehead atoms. The van der Waals surface area contributed by atoms with Crippen LogP contribution in [0.15, 0.2) is 12.2 Å². The van der Waals surface area contributed by atoms with Gasteiger partial charge in [-0.2, -0.15) is 0 Å². The van der Waals surface area contributed by atoms with Gasteiger partial charge < -0.3 is 20.3 Å². The number of allylic oxidation sites excluding steroid dienone is 2. The Balaban J connectivity index is 3.47. The molecule has 2 unspecified atom stereocenters. The highest BCUT2D eigenvalue weighted by molar-refractivity contribution is 5.76. The molecule has 0 aliphatic rings. The molecule has 2 atom stereocenters. The van der Waals surface area contributed by atoms with Gasteiger partial charge in [0.2, 0.25) is 5.91 Å². The van der Waals surface area contributed by atoms with Gasteiger partial charge in [0.25, 0.3) is 0 Å². The predicted molar refractivity (Wildman–Crippen MR) is 255 cm³/mol. The van der Waals surface area contributed by atoms with Crippen molar-refractivity contribution in [2.24, 2.45) is 0 Å². The molecule has 0 spiro atoms. The SMILES string of the molecule is CCCCCCCCCCCCCCCCCCCCC(=O)OCCCC/C=C\CCCCCCCC(=O)NC(CO)C(O)CCCCCCCCCCCCCCC. The van der Waals surface area contributed by atoms with Crippen LogP contribution in [0.4, 0.5) is 0 Å². The normalized spacial score (nSPS) is 12.7. The highest BCUT2D eigenvalue weighted by Gasteiger charge is 2.20. The van der Waals surface area contributed by atoms with E-state index in [1.54, 1.807) is 0 Å². The summed E-state index contributed by atoms with van der Waals surface area (Å²) < 4.78 is 5.45. The number of esters is 1. The number of hydrogen-bond acceptors (Lipinski definition) is 5. The number of nitrogens with one attached hydrogen (secondary N) is 1. The molecule has 3 N–H and O–H groups in total. The Morgan fingerprint density at radius 1 is 0.458 bits per heavy atom. The van der Waals surface area contributed by atoms with Gasteiger partial charge in [0, 0.05) is 12.8 Å². The van der Waals surface area contributed by atoms with E-state index in [2.05, 4.69) is 31.3 Å². The molecule has 6 nitrogen and oxygen atoms in total. The summed E-state index contributed by atoms with van der Waals surface area (Å²) in [5.41, 5.74) is 0. The monoisotopic (exact) mass is 834 g/mol. The highest BCUT2D eigenvalue weighted by atomic mass is 16.5. The molecule has 1 amide bonds. The molecule has 59 heavy (non-hydrogen) atoms. The molecule has 0 saturated carbocycles. The van der Waals surface area contributed by atoms with Gasteiger partial charge in [0.15, 0.2) is 0 Å². The number of unbranched alkanes of at least 4 members (excludes halogenated alkanes) is 36. The van der Waals surface area contributed by atoms with Gasteiger partial charge in [-0.25, -0.2) is 0 Å². The number of ether oxygens (including phenoxy) is 1. The average molecular weight is 834 g/mol. The maximum Gasteiger partial charge on any atom is 0.305 e. The number of carbonyl (C=O) groups excluding carboxylic acids is 2. The lowest BCUT2D eigenvalue weighted by atomic mass is 10.0. The third-order valence-electron chi connectivity index (χ3n) is 12.3. The van der Waals surface area contributed by atoms with Crippen molar-refractivity contribution in [2.75, 3.05) is 13.2 Å². The lowest BCUT2D eigenvalue weighted by Crippen LogP contribution is -2.45. The Hall–Kier alpha value is -1.40. The second-order valence-corrected chi connectivity index (χ2v) is 18.2. The van der Waals surface area contributed by atoms with E-state index < -0.39 is 12.1 Å². The van der Waals surface area contributed by atoms with Crippen LogP contribution >= 0.6 is 0 Å². The van der Waals surface area contributed by atoms with Crippen LogP contribution in [0.3, 0.4) is 0 Å². The van der Waals surface area contributed by atoms with E-state index >= 15 is 0 Å². The molecule has 0 heterocycles. The fourth-order valence-corrected chi connectivity index (χ4v) is 8.22. The third kappa shape index (κ3) is 45.9. The van der Waals surface area contributed by atoms with Gasteiger partial charge in [-0.1, -0.05) is 238 Å². The number of aliphatic hydroxyl groups is 2. The number of rotatable bonds is 49. The molecule has 0 aromatic carbocycles. The van der Waals surface area contributed by atoms with Crippen LogP contribution in [0.5, 0.6) is 0 Å². The van der Waals surface area contributed by atoms with Crippen molar-refractivity contribution in [3.8, 4) is 0 Å². The number of amides is 1. The fraction of sp³-hybridized carbons (Fsp3) is 0.925. The molecule has 0 aliphatic heterocycles. The van der Waals surface area contributed by atoms with Crippen LogP contribution in [0.1, 0.15) is 290 Å². The van der Waals surface area contributed by atoms with E-state index in [9.17, 15) is 19.8 Å². The van der Waals surface area contributed by atoms with Crippen LogP contribution in [0, 0.1) is 0 Å². The first kappa shape index (κ1) is 57.6. The van der Waals surface area contributed by atoms with E-state index in [1.807, 2.05) is 0 Å². The zero-order chi connectivity index (χ0) is 43.0. The molecule has 0 radical (unpaired) electrons. The summed E-state index contributed by atoms with van der Waals surface area (Å²) in [6.45, 7) is 4.89. The Bertz CT molecular complexity index is 878. The number of hydrogen-bond donors (Lipinski definition) is 3. The maximum atomic E-state index is 12.4. The first-order valence-electron chi connectivity index (χ1n) is 26.4. The van der Waals surface area contributed by atoms with E-state index in [4.69, 9.17) is 4.74 Å². The Morgan fingerprint density at radius 3 is 1.20 bits per heavy atom. The van der Waals surface area contributed by atoms with E-state index in [0.717, 1.165) is 77.0 Å². The molecule has 0 aromatic rings. The Morgan fingerprint density at radius 2 is 0.797 bits per heavy atom. The third-order valence-corrected chi connectivity index (χ3v) is 12.3. The van der Waals surface area contributed by atoms with Crippen molar-refractivity contribution in [3.63, 3.8) is 0 Å². The molecular weight excluding hydrogens is 731 g/mol. The molecule has 0 fully saturated rings. The number of carbonyl (C=O) groups is 2. The summed E-state index contributed by atoms with van der Waals surface area (Å²) in [6, 6.07) is -0.560. The maximum absolute atomic E-state index is 12.4. The smallest absolute Gasteiger partial charge is 0.305 e. The first-order valence-corrected chi connectivity index (χ1v) is 26.4. The quantitative estimate of drug-likeness (QED) is 0.0322. The summed E-state index contributed by atoms with van der Waals surface area (Å²) >= 11 is 0. The van der Waals surface area contributed by atoms with Crippen molar-refractivity contribution in [1.29, 1.82) is 0 Å². The summed E-state index contributed by atoms with van der Waals surface area (Å²) in [5, 5.41) is 23.2. The largest absolute Gasteiger partial charge is 0.466 e. The van der Waals surface area contributed by atoms with Crippen LogP contribution in [-0.2, 0) is 14.3 Å². The van der Waals surface area contributed by atoms with Crippen LogP contribution in [-0.4, -0.2) is 47.4 Å². The van der Waals surface area contributed by atoms with E-state index in [-0.39, 0.29) is 18.5 Å². The summed E-state index contributed by atoms with van der Waals surface area (Å²) in [5.74, 6) is -0.0897. The highest BCUT2D eigenvalue weighted by Crippen LogP contribution is 2.17. The topological polar surface area (TPSA) is 95.9 Å². The minimum Gasteiger partial charge on any atom is -0.466 e. The van der Waals surface area contributed by atoms with Gasteiger partial charge in [0.05, 0.1) is 25.4 Å². The van der Waals surface area contributed by atoms with Crippen LogP contribution < -0.4 is 5.32 Å². The molecule has 0 rings (SSSR count). The van der Waals surface area contributed by atoms with Gasteiger partial charge in [-0.3, -0.25) is 9.59 Å². The summed E-state index contributed by atoms with van der Waals surface area (Å²) in [6.07, 6.45) is 56.2. The molecule has 0 aromatic heterocycles. The van der Waals surface area contributed by atoms with Crippen molar-refractivity contribution in [2.45, 2.75) is 302 Å². The average Bonchev–Trinajstić information content (AvgIpc) is 3.24. The van der Waals surface area contributed by atoms with Crippen LogP contribution in [0.2, 0.25) is 0 Å². The van der Waals surface area contributed by atoms with Crippen molar-refractivity contribution >= 4 is 11.9 Å². The minimum absolute atomic E-state index is 0.0266. The summed E-state index contributed by atoms with van der Waals surface area (Å²) in [4.78, 5) is 24.5. The fourth-order valence-electron chi connectivity index (χ4n) is 8.22. The van der Waals surface area contributed by atoms with Gasteiger partial charge in [0.1, 0.15) is 0 Å². The zero-order valence-corrected chi connectivity index (χ0v) is 39.7. The zero-order valence-electron chi connectivity index (χ0n) is 39.7. The van der Waals surface area contributed by atoms with E-state index in [0.29, 0.717) is 25.9 Å². The van der Waals surface area contributed by atoms with Gasteiger partial charge >= 0.3 is 5.97 Å². The number of aliphatic hydroxyl groups excluding tert-OH is 2. The van der Waals surface area contributed by atoms with Crippen LogP contribution in [0.25, 0.3) is 0 Å². The van der Waals surface area contributed by atoms with Crippen molar-refractivity contribution in [3.05, 3.63) is 12.2 Å². The molecule has 0 saturated heterocycles. The summed E-state index contributed by atoms with van der Waals surface area (Å²) in [7, 11) is 0. The van der Waals surface area contributed by atoms with Crippen molar-refractivity contribution in [1.82, 2.24) is 5.32 Å². The standard InChI is InChI=1S/C53H103NO5/c1-3-5-7-9-11-13-15-17-18-19-20-21-23-27-31-35-39-43-47-53(58)59-48-44-40-36-32-28-24-26-30-34-38-42-46-52(57)54-50(49-55)51(56)45-41-37-33-29-25-22-16-14-12-10-8-6-4-2/h28,32,50-51,55-56H,3-27,29-31,33-49H2,1-2H3,(H,54,57)/b32-28-. The van der Waals surface area contributed by atoms with Gasteiger partial charge in [-0.15, -0.1) is 0 Å². The lowest BCUT2D eigenvalue weighted by Gasteiger charge is -2.22. The molecule has 350 valence electrons. The van der Waals surface area contributed by atoms with Gasteiger partial charge in [-0.05, 0) is 51.4 Å².